The van der Waals surface area contributed by atoms with Crippen molar-refractivity contribution in [1.29, 1.82) is 0 Å². The van der Waals surface area contributed by atoms with Crippen LogP contribution in [-0.4, -0.2) is 24.2 Å². The number of nitrogens with one attached hydrogen (secondary N) is 2. The Morgan fingerprint density at radius 1 is 1.03 bits per heavy atom. The summed E-state index contributed by atoms with van der Waals surface area (Å²) in [6.07, 6.45) is 0. The first-order valence-corrected chi connectivity index (χ1v) is 9.61. The Morgan fingerprint density at radius 2 is 1.69 bits per heavy atom. The molecule has 0 bridgehead atoms. The smallest absolute Gasteiger partial charge is 0.338 e. The standard InChI is InChI=1S/C23H26N2O4/c1-5-28-21(26)18-19(15-9-7-6-8-10-15)24-22(27)25-20(18)16-11-13-17(14-12-16)29-23(2,3)4/h6-14,20H,5H2,1-4H3,(H2,24,25,27). The first kappa shape index (κ1) is 20.5. The van der Waals surface area contributed by atoms with Crippen molar-refractivity contribution >= 4 is 17.7 Å². The van der Waals surface area contributed by atoms with Gasteiger partial charge in [-0.25, -0.2) is 9.59 Å². The van der Waals surface area contributed by atoms with Crippen LogP contribution in [-0.2, 0) is 9.53 Å². The Labute approximate surface area is 170 Å². The summed E-state index contributed by atoms with van der Waals surface area (Å²) in [6, 6.07) is 15.6. The van der Waals surface area contributed by atoms with E-state index in [1.165, 1.54) is 0 Å². The van der Waals surface area contributed by atoms with Crippen LogP contribution < -0.4 is 15.4 Å². The lowest BCUT2D eigenvalue weighted by molar-refractivity contribution is -0.138. The Hall–Kier alpha value is -3.28. The van der Waals surface area contributed by atoms with Crippen LogP contribution >= 0.6 is 0 Å². The van der Waals surface area contributed by atoms with Gasteiger partial charge < -0.3 is 20.1 Å². The molecule has 2 N–H and O–H groups in total. The van der Waals surface area contributed by atoms with Crippen LogP contribution in [0.15, 0.2) is 60.2 Å². The quantitative estimate of drug-likeness (QED) is 0.746. The van der Waals surface area contributed by atoms with Crippen LogP contribution in [0, 0.1) is 0 Å². The molecule has 6 heteroatoms. The molecule has 3 rings (SSSR count). The highest BCUT2D eigenvalue weighted by atomic mass is 16.5. The van der Waals surface area contributed by atoms with Gasteiger partial charge in [0.25, 0.3) is 0 Å². The number of amides is 2. The fourth-order valence-electron chi connectivity index (χ4n) is 3.16. The van der Waals surface area contributed by atoms with Crippen molar-refractivity contribution < 1.29 is 19.1 Å². The van der Waals surface area contributed by atoms with Crippen molar-refractivity contribution in [2.24, 2.45) is 0 Å². The molecule has 1 heterocycles. The molecule has 0 radical (unpaired) electrons. The molecule has 0 fully saturated rings. The molecule has 2 aromatic carbocycles. The Balaban J connectivity index is 2.05. The summed E-state index contributed by atoms with van der Waals surface area (Å²) in [5, 5.41) is 5.61. The molecular formula is C23H26N2O4. The van der Waals surface area contributed by atoms with Crippen LogP contribution in [0.3, 0.4) is 0 Å². The molecule has 1 aliphatic heterocycles. The lowest BCUT2D eigenvalue weighted by Crippen LogP contribution is -2.45. The number of urea groups is 1. The van der Waals surface area contributed by atoms with Crippen LogP contribution in [0.1, 0.15) is 44.9 Å². The number of hydrogen-bond acceptors (Lipinski definition) is 4. The Morgan fingerprint density at radius 3 is 2.28 bits per heavy atom. The number of carbonyl (C=O) groups is 2. The second kappa shape index (κ2) is 8.39. The van der Waals surface area contributed by atoms with Crippen molar-refractivity contribution in [3.63, 3.8) is 0 Å². The lowest BCUT2D eigenvalue weighted by Gasteiger charge is -2.30. The summed E-state index contributed by atoms with van der Waals surface area (Å²) < 4.78 is 11.2. The van der Waals surface area contributed by atoms with Crippen LogP contribution in [0.25, 0.3) is 5.70 Å². The van der Waals surface area contributed by atoms with E-state index < -0.39 is 12.0 Å². The number of esters is 1. The van der Waals surface area contributed by atoms with E-state index in [4.69, 9.17) is 9.47 Å². The van der Waals surface area contributed by atoms with Gasteiger partial charge >= 0.3 is 12.0 Å². The zero-order valence-corrected chi connectivity index (χ0v) is 17.1. The van der Waals surface area contributed by atoms with Crippen molar-refractivity contribution in [3.8, 4) is 5.75 Å². The highest BCUT2D eigenvalue weighted by Crippen LogP contribution is 2.33. The van der Waals surface area contributed by atoms with Crippen molar-refractivity contribution in [2.75, 3.05) is 6.61 Å². The molecule has 1 unspecified atom stereocenters. The topological polar surface area (TPSA) is 76.7 Å². The summed E-state index contributed by atoms with van der Waals surface area (Å²) in [6.45, 7) is 7.91. The second-order valence-corrected chi connectivity index (χ2v) is 7.69. The zero-order valence-electron chi connectivity index (χ0n) is 17.1. The first-order chi connectivity index (χ1) is 13.8. The van der Waals surface area contributed by atoms with Gasteiger partial charge in [0.1, 0.15) is 11.4 Å². The normalized spacial score (nSPS) is 16.7. The zero-order chi connectivity index (χ0) is 21.0. The fraction of sp³-hybridized carbons (Fsp3) is 0.304. The van der Waals surface area contributed by atoms with Crippen molar-refractivity contribution in [3.05, 3.63) is 71.3 Å². The molecule has 1 aliphatic rings. The molecule has 0 aliphatic carbocycles. The second-order valence-electron chi connectivity index (χ2n) is 7.69. The average Bonchev–Trinajstić information content (AvgIpc) is 2.67. The van der Waals surface area contributed by atoms with Crippen LogP contribution in [0.2, 0.25) is 0 Å². The number of rotatable bonds is 5. The van der Waals surface area contributed by atoms with Gasteiger partial charge in [0.15, 0.2) is 0 Å². The SMILES string of the molecule is CCOC(=O)C1=C(c2ccccc2)NC(=O)NC1c1ccc(OC(C)(C)C)cc1. The van der Waals surface area contributed by atoms with Gasteiger partial charge in [-0.3, -0.25) is 0 Å². The maximum atomic E-state index is 12.8. The van der Waals surface area contributed by atoms with E-state index in [1.54, 1.807) is 6.92 Å². The first-order valence-electron chi connectivity index (χ1n) is 9.61. The van der Waals surface area contributed by atoms with Gasteiger partial charge in [0.05, 0.1) is 23.9 Å². The third kappa shape index (κ3) is 4.96. The molecule has 0 saturated heterocycles. The lowest BCUT2D eigenvalue weighted by atomic mass is 9.92. The molecule has 0 aromatic heterocycles. The van der Waals surface area contributed by atoms with Gasteiger partial charge in [-0.05, 0) is 51.0 Å². The van der Waals surface area contributed by atoms with Gasteiger partial charge in [-0.2, -0.15) is 0 Å². The van der Waals surface area contributed by atoms with E-state index in [1.807, 2.05) is 75.4 Å². The molecule has 2 amide bonds. The minimum atomic E-state index is -0.637. The third-order valence-electron chi connectivity index (χ3n) is 4.27. The van der Waals surface area contributed by atoms with E-state index >= 15 is 0 Å². The minimum Gasteiger partial charge on any atom is -0.488 e. The molecular weight excluding hydrogens is 368 g/mol. The van der Waals surface area contributed by atoms with E-state index in [-0.39, 0.29) is 18.2 Å². The maximum absolute atomic E-state index is 12.8. The Bertz CT molecular complexity index is 912. The monoisotopic (exact) mass is 394 g/mol. The van der Waals surface area contributed by atoms with Crippen molar-refractivity contribution in [1.82, 2.24) is 10.6 Å². The molecule has 0 saturated carbocycles. The van der Waals surface area contributed by atoms with Gasteiger partial charge in [-0.15, -0.1) is 0 Å². The number of hydrogen-bond donors (Lipinski definition) is 2. The van der Waals surface area contributed by atoms with Crippen LogP contribution in [0.4, 0.5) is 4.79 Å². The summed E-state index contributed by atoms with van der Waals surface area (Å²) in [4.78, 5) is 25.2. The number of carbonyl (C=O) groups excluding carboxylic acids is 2. The highest BCUT2D eigenvalue weighted by molar-refractivity contribution is 6.04. The molecule has 152 valence electrons. The van der Waals surface area contributed by atoms with E-state index in [2.05, 4.69) is 10.6 Å². The van der Waals surface area contributed by atoms with Crippen molar-refractivity contribution in [2.45, 2.75) is 39.3 Å². The molecule has 2 aromatic rings. The largest absolute Gasteiger partial charge is 0.488 e. The molecule has 0 spiro atoms. The fourth-order valence-corrected chi connectivity index (χ4v) is 3.16. The van der Waals surface area contributed by atoms with Gasteiger partial charge in [-0.1, -0.05) is 42.5 Å². The van der Waals surface area contributed by atoms with Gasteiger partial charge in [0.2, 0.25) is 0 Å². The van der Waals surface area contributed by atoms with E-state index in [9.17, 15) is 9.59 Å². The predicted molar refractivity (Wildman–Crippen MR) is 111 cm³/mol. The maximum Gasteiger partial charge on any atom is 0.338 e. The average molecular weight is 394 g/mol. The third-order valence-corrected chi connectivity index (χ3v) is 4.27. The number of benzene rings is 2. The molecule has 6 nitrogen and oxygen atoms in total. The van der Waals surface area contributed by atoms with E-state index in [0.717, 1.165) is 11.1 Å². The Kier molecular flexibility index (Phi) is 5.92. The summed E-state index contributed by atoms with van der Waals surface area (Å²) >= 11 is 0. The number of ether oxygens (including phenoxy) is 2. The van der Waals surface area contributed by atoms with Crippen LogP contribution in [0.5, 0.6) is 5.75 Å². The van der Waals surface area contributed by atoms with Gasteiger partial charge in [0, 0.05) is 0 Å². The highest BCUT2D eigenvalue weighted by Gasteiger charge is 2.34. The van der Waals surface area contributed by atoms with E-state index in [0.29, 0.717) is 17.0 Å². The molecule has 1 atom stereocenters. The molecule has 29 heavy (non-hydrogen) atoms. The summed E-state index contributed by atoms with van der Waals surface area (Å²) in [5.41, 5.74) is 2.00. The minimum absolute atomic E-state index is 0.240. The predicted octanol–water partition coefficient (Wildman–Crippen LogP) is 4.19. The summed E-state index contributed by atoms with van der Waals surface area (Å²) in [5.74, 6) is 0.241. The summed E-state index contributed by atoms with van der Waals surface area (Å²) in [7, 11) is 0.